The summed E-state index contributed by atoms with van der Waals surface area (Å²) < 4.78 is 0. The molecule has 29 heavy (non-hydrogen) atoms. The minimum absolute atomic E-state index is 0.0412. The van der Waals surface area contributed by atoms with E-state index < -0.39 is 42.0 Å². The van der Waals surface area contributed by atoms with Gasteiger partial charge >= 0.3 is 5.97 Å². The second kappa shape index (κ2) is 12.0. The summed E-state index contributed by atoms with van der Waals surface area (Å²) in [5, 5.41) is 32.9. The second-order valence-electron chi connectivity index (χ2n) is 6.89. The van der Waals surface area contributed by atoms with E-state index in [0.717, 1.165) is 0 Å². The minimum Gasteiger partial charge on any atom is -0.508 e. The van der Waals surface area contributed by atoms with E-state index in [1.54, 1.807) is 12.1 Å². The number of amides is 2. The lowest BCUT2D eigenvalue weighted by molar-refractivity contribution is -0.145. The van der Waals surface area contributed by atoms with E-state index in [-0.39, 0.29) is 12.2 Å². The van der Waals surface area contributed by atoms with Gasteiger partial charge in [0.05, 0.1) is 12.1 Å². The van der Waals surface area contributed by atoms with Crippen LogP contribution in [-0.4, -0.2) is 63.9 Å². The number of carbonyl (C=O) groups excluding carboxylic acids is 2. The molecule has 0 fully saturated rings. The molecule has 10 heteroatoms. The zero-order valence-electron chi connectivity index (χ0n) is 16.4. The van der Waals surface area contributed by atoms with E-state index in [0.29, 0.717) is 31.4 Å². The Morgan fingerprint density at radius 3 is 2.21 bits per heavy atom. The zero-order chi connectivity index (χ0) is 22.0. The maximum Gasteiger partial charge on any atom is 0.328 e. The van der Waals surface area contributed by atoms with Crippen LogP contribution >= 0.6 is 0 Å². The van der Waals surface area contributed by atoms with Crippen molar-refractivity contribution in [3.05, 3.63) is 29.8 Å². The summed E-state index contributed by atoms with van der Waals surface area (Å²) >= 11 is 0. The number of carboxylic acids is 1. The zero-order valence-corrected chi connectivity index (χ0v) is 16.4. The van der Waals surface area contributed by atoms with Gasteiger partial charge in [-0.05, 0) is 44.0 Å². The van der Waals surface area contributed by atoms with Gasteiger partial charge in [0.25, 0.3) is 0 Å². The third kappa shape index (κ3) is 8.46. The van der Waals surface area contributed by atoms with Crippen molar-refractivity contribution in [3.63, 3.8) is 0 Å². The molecule has 0 aromatic heterocycles. The molecule has 0 aliphatic rings. The van der Waals surface area contributed by atoms with Gasteiger partial charge in [-0.15, -0.1) is 0 Å². The van der Waals surface area contributed by atoms with E-state index >= 15 is 0 Å². The molecule has 1 rings (SSSR count). The molecule has 1 aromatic carbocycles. The number of benzene rings is 1. The van der Waals surface area contributed by atoms with Crippen molar-refractivity contribution in [1.29, 1.82) is 0 Å². The minimum atomic E-state index is -1.53. The van der Waals surface area contributed by atoms with Crippen molar-refractivity contribution in [3.8, 4) is 5.75 Å². The molecule has 0 aliphatic carbocycles. The predicted molar refractivity (Wildman–Crippen MR) is 106 cm³/mol. The molecular weight excluding hydrogens is 380 g/mol. The van der Waals surface area contributed by atoms with E-state index in [4.69, 9.17) is 16.6 Å². The number of carbonyl (C=O) groups is 3. The van der Waals surface area contributed by atoms with Crippen LogP contribution in [0.15, 0.2) is 24.3 Å². The van der Waals surface area contributed by atoms with Crippen molar-refractivity contribution in [1.82, 2.24) is 10.6 Å². The fraction of sp³-hybridized carbons (Fsp3) is 0.526. The van der Waals surface area contributed by atoms with Crippen LogP contribution in [0.4, 0.5) is 0 Å². The number of phenols is 1. The van der Waals surface area contributed by atoms with Gasteiger partial charge in [0.1, 0.15) is 11.8 Å². The highest BCUT2D eigenvalue weighted by Gasteiger charge is 2.30. The van der Waals surface area contributed by atoms with Crippen molar-refractivity contribution in [2.45, 2.75) is 56.8 Å². The summed E-state index contributed by atoms with van der Waals surface area (Å²) in [6, 6.07) is 2.52. The van der Waals surface area contributed by atoms with Gasteiger partial charge < -0.3 is 37.4 Å². The molecule has 10 nitrogen and oxygen atoms in total. The van der Waals surface area contributed by atoms with Gasteiger partial charge in [-0.1, -0.05) is 18.6 Å². The Bertz CT molecular complexity index is 680. The molecular formula is C19H30N4O6. The average molecular weight is 410 g/mol. The first-order valence-corrected chi connectivity index (χ1v) is 9.40. The Balaban J connectivity index is 2.92. The Hall–Kier alpha value is -2.69. The van der Waals surface area contributed by atoms with Gasteiger partial charge in [0.15, 0.2) is 6.04 Å². The topological polar surface area (TPSA) is 188 Å². The summed E-state index contributed by atoms with van der Waals surface area (Å²) in [4.78, 5) is 36.3. The van der Waals surface area contributed by atoms with Crippen LogP contribution < -0.4 is 22.1 Å². The number of carboxylic acid groups (broad SMARTS) is 1. The van der Waals surface area contributed by atoms with Gasteiger partial charge in [-0.25, -0.2) is 4.79 Å². The first-order valence-electron chi connectivity index (χ1n) is 9.40. The van der Waals surface area contributed by atoms with Crippen LogP contribution in [0, 0.1) is 0 Å². The molecule has 2 amide bonds. The normalized spacial score (nSPS) is 15.0. The molecule has 0 bridgehead atoms. The number of aliphatic carboxylic acids is 1. The van der Waals surface area contributed by atoms with Crippen molar-refractivity contribution >= 4 is 17.8 Å². The van der Waals surface area contributed by atoms with E-state index in [2.05, 4.69) is 10.6 Å². The van der Waals surface area contributed by atoms with Gasteiger partial charge in [-0.2, -0.15) is 0 Å². The maximum absolute atomic E-state index is 12.6. The van der Waals surface area contributed by atoms with Crippen LogP contribution in [0.3, 0.4) is 0 Å². The predicted octanol–water partition coefficient (Wildman–Crippen LogP) is -1.17. The fourth-order valence-electron chi connectivity index (χ4n) is 2.64. The monoisotopic (exact) mass is 410 g/mol. The molecule has 9 N–H and O–H groups in total. The number of hydrogen-bond acceptors (Lipinski definition) is 7. The molecule has 162 valence electrons. The number of unbranched alkanes of at least 4 members (excludes halogenated alkanes) is 1. The highest BCUT2D eigenvalue weighted by atomic mass is 16.4. The Morgan fingerprint density at radius 1 is 1.07 bits per heavy atom. The average Bonchev–Trinajstić information content (AvgIpc) is 2.66. The quantitative estimate of drug-likeness (QED) is 0.210. The molecule has 0 heterocycles. The van der Waals surface area contributed by atoms with Crippen LogP contribution in [0.25, 0.3) is 0 Å². The number of nitrogens with two attached hydrogens (primary N) is 2. The highest BCUT2D eigenvalue weighted by Crippen LogP contribution is 2.12. The molecule has 0 saturated heterocycles. The van der Waals surface area contributed by atoms with E-state index in [1.165, 1.54) is 19.1 Å². The summed E-state index contributed by atoms with van der Waals surface area (Å²) in [6.45, 7) is 1.72. The number of hydrogen-bond donors (Lipinski definition) is 7. The van der Waals surface area contributed by atoms with E-state index in [1.807, 2.05) is 0 Å². The Labute approximate surface area is 169 Å². The number of nitrogens with one attached hydrogen (secondary N) is 2. The molecule has 1 aromatic rings. The van der Waals surface area contributed by atoms with Crippen LogP contribution in [0.5, 0.6) is 5.75 Å². The SMILES string of the molecule is C[C@@H](O)[C@H](NC(=O)[C@H](Cc1ccc(O)cc1)NC(=O)[C@@H](N)CCCCN)C(=O)O. The number of phenolic OH excluding ortho intramolecular Hbond substituents is 1. The third-order valence-corrected chi connectivity index (χ3v) is 4.36. The third-order valence-electron chi connectivity index (χ3n) is 4.36. The lowest BCUT2D eigenvalue weighted by Crippen LogP contribution is -2.57. The standard InChI is InChI=1S/C19H30N4O6/c1-11(24)16(19(28)29)23-18(27)15(10-12-5-7-13(25)8-6-12)22-17(26)14(21)4-2-3-9-20/h5-8,11,14-16,24-25H,2-4,9-10,20-21H2,1H3,(H,22,26)(H,23,27)(H,28,29)/t11-,14+,15+,16+/m1/s1. The molecule has 4 atom stereocenters. The first-order chi connectivity index (χ1) is 13.6. The number of rotatable bonds is 12. The molecule has 0 unspecified atom stereocenters. The summed E-state index contributed by atoms with van der Waals surface area (Å²) in [6.07, 6.45) is 0.470. The number of aromatic hydroxyl groups is 1. The van der Waals surface area contributed by atoms with Crippen molar-refractivity contribution in [2.75, 3.05) is 6.54 Å². The Morgan fingerprint density at radius 2 is 1.69 bits per heavy atom. The molecule has 0 radical (unpaired) electrons. The van der Waals surface area contributed by atoms with Gasteiger partial charge in [0.2, 0.25) is 11.8 Å². The highest BCUT2D eigenvalue weighted by molar-refractivity contribution is 5.92. The fourth-order valence-corrected chi connectivity index (χ4v) is 2.64. The summed E-state index contributed by atoms with van der Waals surface area (Å²) in [5.41, 5.74) is 11.9. The van der Waals surface area contributed by atoms with E-state index in [9.17, 15) is 24.6 Å². The maximum atomic E-state index is 12.6. The lowest BCUT2D eigenvalue weighted by atomic mass is 10.0. The first kappa shape index (κ1) is 24.3. The van der Waals surface area contributed by atoms with Crippen LogP contribution in [0.1, 0.15) is 31.7 Å². The largest absolute Gasteiger partial charge is 0.508 e. The smallest absolute Gasteiger partial charge is 0.328 e. The number of aliphatic hydroxyl groups excluding tert-OH is 1. The van der Waals surface area contributed by atoms with Gasteiger partial charge in [0, 0.05) is 6.42 Å². The summed E-state index contributed by atoms with van der Waals surface area (Å²) in [7, 11) is 0. The van der Waals surface area contributed by atoms with Gasteiger partial charge in [-0.3, -0.25) is 9.59 Å². The molecule has 0 saturated carbocycles. The molecule has 0 aliphatic heterocycles. The Kier molecular flexibility index (Phi) is 10.1. The number of aliphatic hydroxyl groups is 1. The van der Waals surface area contributed by atoms with Crippen molar-refractivity contribution in [2.24, 2.45) is 11.5 Å². The second-order valence-corrected chi connectivity index (χ2v) is 6.89. The van der Waals surface area contributed by atoms with Crippen molar-refractivity contribution < 1.29 is 29.7 Å². The lowest BCUT2D eigenvalue weighted by Gasteiger charge is -2.24. The van der Waals surface area contributed by atoms with Crippen LogP contribution in [-0.2, 0) is 20.8 Å². The summed E-state index contributed by atoms with van der Waals surface area (Å²) in [5.74, 6) is -2.68. The molecule has 0 spiro atoms. The van der Waals surface area contributed by atoms with Crippen LogP contribution in [0.2, 0.25) is 0 Å².